The maximum Gasteiger partial charge on any atom is 0.235 e. The smallest absolute Gasteiger partial charge is 0.182 e. The second-order valence-electron chi connectivity index (χ2n) is 5.27. The van der Waals surface area contributed by atoms with Crippen molar-refractivity contribution in [3.8, 4) is 11.4 Å². The lowest BCUT2D eigenvalue weighted by atomic mass is 10.1. The van der Waals surface area contributed by atoms with Crippen molar-refractivity contribution in [2.24, 2.45) is 0 Å². The topological polar surface area (TPSA) is 43.1 Å². The van der Waals surface area contributed by atoms with Crippen LogP contribution >= 0.6 is 11.3 Å². The summed E-state index contributed by atoms with van der Waals surface area (Å²) in [5.74, 6) is 0.777. The van der Waals surface area contributed by atoms with Crippen LogP contribution in [0.25, 0.3) is 28.5 Å². The number of nitrogens with zero attached hydrogens (tertiary/aromatic N) is 4. The third-order valence-electron chi connectivity index (χ3n) is 3.50. The molecular formula is C18H14N4S. The molecule has 0 amide bonds. The summed E-state index contributed by atoms with van der Waals surface area (Å²) in [7, 11) is 0. The molecule has 2 heterocycles. The number of fused-ring (bicyclic) bond motifs is 1. The van der Waals surface area contributed by atoms with Crippen LogP contribution < -0.4 is 0 Å². The Hall–Kier alpha value is -2.79. The van der Waals surface area contributed by atoms with Gasteiger partial charge in [-0.3, -0.25) is 0 Å². The maximum atomic E-state index is 4.62. The Balaban J connectivity index is 1.71. The fraction of sp³-hybridized carbons (Fsp3) is 0.0556. The number of hydrogen-bond donors (Lipinski definition) is 0. The molecule has 112 valence electrons. The SMILES string of the molecule is Cc1cccc(-c2nnc3sc(/C=C/c4ccccc4)nn23)c1. The molecule has 23 heavy (non-hydrogen) atoms. The van der Waals surface area contributed by atoms with Crippen molar-refractivity contribution in [1.82, 2.24) is 19.8 Å². The normalized spacial score (nSPS) is 11.5. The minimum Gasteiger partial charge on any atom is -0.182 e. The fourth-order valence-corrected chi connectivity index (χ4v) is 3.14. The van der Waals surface area contributed by atoms with Crippen LogP contribution in [-0.4, -0.2) is 19.8 Å². The van der Waals surface area contributed by atoms with Crippen LogP contribution in [0.15, 0.2) is 54.6 Å². The Morgan fingerprint density at radius 3 is 2.65 bits per heavy atom. The van der Waals surface area contributed by atoms with E-state index in [1.54, 1.807) is 0 Å². The van der Waals surface area contributed by atoms with Crippen molar-refractivity contribution < 1.29 is 0 Å². The van der Waals surface area contributed by atoms with Gasteiger partial charge in [0.15, 0.2) is 5.82 Å². The first-order valence-corrected chi connectivity index (χ1v) is 8.14. The highest BCUT2D eigenvalue weighted by Gasteiger charge is 2.12. The van der Waals surface area contributed by atoms with E-state index >= 15 is 0 Å². The molecule has 4 rings (SSSR count). The zero-order chi connectivity index (χ0) is 15.6. The molecule has 0 saturated heterocycles. The van der Waals surface area contributed by atoms with Crippen LogP contribution in [0.2, 0.25) is 0 Å². The highest BCUT2D eigenvalue weighted by molar-refractivity contribution is 7.17. The Labute approximate surface area is 137 Å². The van der Waals surface area contributed by atoms with Crippen LogP contribution in [0.1, 0.15) is 16.1 Å². The van der Waals surface area contributed by atoms with Crippen LogP contribution in [0.3, 0.4) is 0 Å². The number of aromatic nitrogens is 4. The third kappa shape index (κ3) is 2.78. The largest absolute Gasteiger partial charge is 0.235 e. The predicted molar refractivity (Wildman–Crippen MR) is 94.2 cm³/mol. The Morgan fingerprint density at radius 2 is 1.83 bits per heavy atom. The quantitative estimate of drug-likeness (QED) is 0.564. The summed E-state index contributed by atoms with van der Waals surface area (Å²) in [5.41, 5.74) is 3.37. The zero-order valence-corrected chi connectivity index (χ0v) is 13.4. The van der Waals surface area contributed by atoms with Gasteiger partial charge in [-0.2, -0.15) is 9.61 Å². The number of aryl methyl sites for hydroxylation is 1. The summed E-state index contributed by atoms with van der Waals surface area (Å²) in [6.45, 7) is 2.07. The molecular weight excluding hydrogens is 304 g/mol. The van der Waals surface area contributed by atoms with Crippen molar-refractivity contribution >= 4 is 28.4 Å². The molecule has 0 aliphatic rings. The van der Waals surface area contributed by atoms with Gasteiger partial charge in [0.05, 0.1) is 0 Å². The molecule has 0 N–H and O–H groups in total. The maximum absolute atomic E-state index is 4.62. The molecule has 0 atom stereocenters. The van der Waals surface area contributed by atoms with Crippen molar-refractivity contribution in [1.29, 1.82) is 0 Å². The van der Waals surface area contributed by atoms with Gasteiger partial charge in [0.1, 0.15) is 5.01 Å². The summed E-state index contributed by atoms with van der Waals surface area (Å²) in [4.78, 5) is 0.800. The summed E-state index contributed by atoms with van der Waals surface area (Å²) >= 11 is 1.53. The van der Waals surface area contributed by atoms with E-state index in [9.17, 15) is 0 Å². The van der Waals surface area contributed by atoms with Gasteiger partial charge in [-0.15, -0.1) is 10.2 Å². The molecule has 0 spiro atoms. The van der Waals surface area contributed by atoms with Crippen LogP contribution in [0.5, 0.6) is 0 Å². The first-order valence-electron chi connectivity index (χ1n) is 7.32. The van der Waals surface area contributed by atoms with Gasteiger partial charge in [0, 0.05) is 5.56 Å². The zero-order valence-electron chi connectivity index (χ0n) is 12.5. The standard InChI is InChI=1S/C18H14N4S/c1-13-6-5-9-15(12-13)17-19-20-18-22(17)21-16(23-18)11-10-14-7-3-2-4-8-14/h2-12H,1H3/b11-10+. The number of benzene rings is 2. The lowest BCUT2D eigenvalue weighted by molar-refractivity contribution is 0.959. The van der Waals surface area contributed by atoms with Crippen LogP contribution in [0.4, 0.5) is 0 Å². The summed E-state index contributed by atoms with van der Waals surface area (Å²) < 4.78 is 1.81. The second-order valence-corrected chi connectivity index (χ2v) is 6.26. The van der Waals surface area contributed by atoms with Gasteiger partial charge in [-0.1, -0.05) is 71.5 Å². The van der Waals surface area contributed by atoms with E-state index in [1.807, 2.05) is 40.9 Å². The molecule has 4 nitrogen and oxygen atoms in total. The highest BCUT2D eigenvalue weighted by Crippen LogP contribution is 2.23. The molecule has 2 aromatic carbocycles. The predicted octanol–water partition coefficient (Wildman–Crippen LogP) is 4.33. The molecule has 0 aliphatic heterocycles. The van der Waals surface area contributed by atoms with E-state index in [4.69, 9.17) is 0 Å². The van der Waals surface area contributed by atoms with E-state index in [0.29, 0.717) is 0 Å². The Morgan fingerprint density at radius 1 is 0.957 bits per heavy atom. The van der Waals surface area contributed by atoms with Crippen molar-refractivity contribution in [3.63, 3.8) is 0 Å². The second kappa shape index (κ2) is 5.78. The molecule has 0 aliphatic carbocycles. The third-order valence-corrected chi connectivity index (χ3v) is 4.36. The summed E-state index contributed by atoms with van der Waals surface area (Å²) in [6.07, 6.45) is 4.06. The number of hydrogen-bond acceptors (Lipinski definition) is 4. The molecule has 5 heteroatoms. The molecule has 0 saturated carbocycles. The average Bonchev–Trinajstić information content (AvgIpc) is 3.14. The van der Waals surface area contributed by atoms with Gasteiger partial charge in [0.2, 0.25) is 4.96 Å². The molecule has 0 radical (unpaired) electrons. The van der Waals surface area contributed by atoms with Gasteiger partial charge >= 0.3 is 0 Å². The minimum atomic E-state index is 0.777. The van der Waals surface area contributed by atoms with E-state index in [-0.39, 0.29) is 0 Å². The first-order chi connectivity index (χ1) is 11.3. The number of rotatable bonds is 3. The lowest BCUT2D eigenvalue weighted by Gasteiger charge is -1.98. The van der Waals surface area contributed by atoms with Gasteiger partial charge in [0.25, 0.3) is 0 Å². The van der Waals surface area contributed by atoms with Crippen molar-refractivity contribution in [3.05, 3.63) is 70.7 Å². The van der Waals surface area contributed by atoms with Gasteiger partial charge in [-0.05, 0) is 24.6 Å². The Bertz CT molecular complexity index is 983. The average molecular weight is 318 g/mol. The summed E-state index contributed by atoms with van der Waals surface area (Å²) in [6, 6.07) is 18.4. The minimum absolute atomic E-state index is 0.777. The van der Waals surface area contributed by atoms with Crippen LogP contribution in [-0.2, 0) is 0 Å². The molecule has 2 aromatic heterocycles. The monoisotopic (exact) mass is 318 g/mol. The van der Waals surface area contributed by atoms with Gasteiger partial charge in [-0.25, -0.2) is 0 Å². The van der Waals surface area contributed by atoms with Crippen molar-refractivity contribution in [2.45, 2.75) is 6.92 Å². The van der Waals surface area contributed by atoms with E-state index in [1.165, 1.54) is 16.9 Å². The van der Waals surface area contributed by atoms with E-state index in [0.717, 1.165) is 26.9 Å². The lowest BCUT2D eigenvalue weighted by Crippen LogP contribution is -1.91. The van der Waals surface area contributed by atoms with E-state index in [2.05, 4.69) is 52.6 Å². The van der Waals surface area contributed by atoms with E-state index < -0.39 is 0 Å². The van der Waals surface area contributed by atoms with Crippen molar-refractivity contribution in [2.75, 3.05) is 0 Å². The summed E-state index contributed by atoms with van der Waals surface area (Å²) in [5, 5.41) is 14.0. The van der Waals surface area contributed by atoms with Gasteiger partial charge < -0.3 is 0 Å². The highest BCUT2D eigenvalue weighted by atomic mass is 32.1. The Kier molecular flexibility index (Phi) is 3.48. The first kappa shape index (κ1) is 13.8. The molecule has 0 fully saturated rings. The molecule has 0 unspecified atom stereocenters. The molecule has 0 bridgehead atoms. The fourth-order valence-electron chi connectivity index (χ4n) is 2.39. The van der Waals surface area contributed by atoms with Crippen LogP contribution in [0, 0.1) is 6.92 Å². The molecule has 4 aromatic rings.